The zero-order valence-electron chi connectivity index (χ0n) is 17.3. The highest BCUT2D eigenvalue weighted by atomic mass is 19.4. The maximum Gasteiger partial charge on any atom is 0.433 e. The van der Waals surface area contributed by atoms with E-state index in [1.165, 1.54) is 18.0 Å². The number of nitrogens with one attached hydrogen (secondary N) is 1. The van der Waals surface area contributed by atoms with Crippen LogP contribution in [0.2, 0.25) is 0 Å². The number of rotatable bonds is 7. The van der Waals surface area contributed by atoms with Gasteiger partial charge in [-0.25, -0.2) is 14.8 Å². The van der Waals surface area contributed by atoms with Gasteiger partial charge in [0.25, 0.3) is 5.91 Å². The third-order valence-electron chi connectivity index (χ3n) is 5.27. The van der Waals surface area contributed by atoms with E-state index in [2.05, 4.69) is 20.4 Å². The van der Waals surface area contributed by atoms with Gasteiger partial charge in [-0.1, -0.05) is 5.16 Å². The minimum Gasteiger partial charge on any atom is -0.465 e. The highest BCUT2D eigenvalue weighted by molar-refractivity contribution is 5.91. The molecule has 3 heterocycles. The molecular formula is C19H23F3N6O4. The zero-order chi connectivity index (χ0) is 23.3. The Morgan fingerprint density at radius 3 is 2.69 bits per heavy atom. The van der Waals surface area contributed by atoms with Crippen LogP contribution in [-0.2, 0) is 12.7 Å². The predicted octanol–water partition coefficient (Wildman–Crippen LogP) is 2.63. The fraction of sp³-hybridized carbons (Fsp3) is 0.526. The van der Waals surface area contributed by atoms with Crippen molar-refractivity contribution in [3.05, 3.63) is 35.5 Å². The smallest absolute Gasteiger partial charge is 0.433 e. The van der Waals surface area contributed by atoms with Gasteiger partial charge in [-0.3, -0.25) is 4.79 Å². The largest absolute Gasteiger partial charge is 0.465 e. The summed E-state index contributed by atoms with van der Waals surface area (Å²) in [6.07, 6.45) is -2.62. The van der Waals surface area contributed by atoms with E-state index in [0.29, 0.717) is 32.4 Å². The number of hydrogen-bond donors (Lipinski definition) is 2. The van der Waals surface area contributed by atoms with Crippen LogP contribution in [0.4, 0.5) is 23.9 Å². The van der Waals surface area contributed by atoms with Gasteiger partial charge >= 0.3 is 12.3 Å². The molecule has 2 aromatic heterocycles. The number of carboxylic acid groups (broad SMARTS) is 1. The lowest BCUT2D eigenvalue weighted by atomic mass is 9.93. The molecule has 1 aliphatic heterocycles. The zero-order valence-corrected chi connectivity index (χ0v) is 17.3. The van der Waals surface area contributed by atoms with Gasteiger partial charge in [0.15, 0.2) is 11.5 Å². The van der Waals surface area contributed by atoms with E-state index in [1.54, 1.807) is 4.90 Å². The first-order valence-electron chi connectivity index (χ1n) is 9.98. The predicted molar refractivity (Wildman–Crippen MR) is 105 cm³/mol. The SMILES string of the molecule is CNC(=O)c1cc(CN(CCC2CCN(c3nccc(C(F)(F)F)n3)CC2)C(=O)O)on1. The molecule has 13 heteroatoms. The summed E-state index contributed by atoms with van der Waals surface area (Å²) in [6, 6.07) is 2.23. The Hall–Kier alpha value is -3.38. The molecule has 0 aliphatic carbocycles. The van der Waals surface area contributed by atoms with Crippen LogP contribution >= 0.6 is 0 Å². The number of piperidine rings is 1. The van der Waals surface area contributed by atoms with Crippen LogP contribution in [-0.4, -0.2) is 63.8 Å². The second-order valence-electron chi connectivity index (χ2n) is 7.42. The van der Waals surface area contributed by atoms with Gasteiger partial charge in [0.05, 0.1) is 6.54 Å². The second kappa shape index (κ2) is 9.83. The van der Waals surface area contributed by atoms with Crippen molar-refractivity contribution in [2.24, 2.45) is 5.92 Å². The van der Waals surface area contributed by atoms with Crippen LogP contribution in [0, 0.1) is 5.92 Å². The second-order valence-corrected chi connectivity index (χ2v) is 7.42. The van der Waals surface area contributed by atoms with Crippen molar-refractivity contribution in [3.63, 3.8) is 0 Å². The number of carbonyl (C=O) groups excluding carboxylic acids is 1. The molecule has 3 rings (SSSR count). The highest BCUT2D eigenvalue weighted by Gasteiger charge is 2.33. The lowest BCUT2D eigenvalue weighted by molar-refractivity contribution is -0.141. The first-order chi connectivity index (χ1) is 15.2. The van der Waals surface area contributed by atoms with Crippen LogP contribution in [0.15, 0.2) is 22.9 Å². The molecular weight excluding hydrogens is 433 g/mol. The van der Waals surface area contributed by atoms with Gasteiger partial charge in [0, 0.05) is 38.9 Å². The average Bonchev–Trinajstić information content (AvgIpc) is 3.24. The van der Waals surface area contributed by atoms with E-state index in [0.717, 1.165) is 12.3 Å². The highest BCUT2D eigenvalue weighted by Crippen LogP contribution is 2.29. The monoisotopic (exact) mass is 456 g/mol. The number of aromatic nitrogens is 3. The van der Waals surface area contributed by atoms with E-state index >= 15 is 0 Å². The Bertz CT molecular complexity index is 943. The molecule has 1 saturated heterocycles. The Kier molecular flexibility index (Phi) is 7.15. The first kappa shape index (κ1) is 23.3. The average molecular weight is 456 g/mol. The van der Waals surface area contributed by atoms with Gasteiger partial charge in [-0.15, -0.1) is 0 Å². The standard InChI is InChI=1S/C19H23F3N6O4/c1-23-16(29)14-10-13(32-26-14)11-28(18(30)31)9-5-12-3-7-27(8-4-12)17-24-6-2-15(25-17)19(20,21)22/h2,6,10,12H,3-5,7-9,11H2,1H3,(H,23,29)(H,30,31). The van der Waals surface area contributed by atoms with Crippen LogP contribution in [0.25, 0.3) is 0 Å². The molecule has 0 radical (unpaired) electrons. The minimum absolute atomic E-state index is 0.0441. The quantitative estimate of drug-likeness (QED) is 0.652. The molecule has 1 fully saturated rings. The van der Waals surface area contributed by atoms with Crippen molar-refractivity contribution in [2.45, 2.75) is 32.0 Å². The topological polar surface area (TPSA) is 125 Å². The van der Waals surface area contributed by atoms with Crippen LogP contribution in [0.1, 0.15) is 41.2 Å². The molecule has 0 spiro atoms. The molecule has 1 aliphatic rings. The lowest BCUT2D eigenvalue weighted by Gasteiger charge is -2.33. The van der Waals surface area contributed by atoms with Crippen molar-refractivity contribution >= 4 is 17.9 Å². The molecule has 2 aromatic rings. The summed E-state index contributed by atoms with van der Waals surface area (Å²) in [5.41, 5.74) is -0.911. The fourth-order valence-electron chi connectivity index (χ4n) is 3.47. The lowest BCUT2D eigenvalue weighted by Crippen LogP contribution is -2.37. The maximum atomic E-state index is 12.9. The molecule has 0 saturated carbocycles. The van der Waals surface area contributed by atoms with E-state index < -0.39 is 23.9 Å². The summed E-state index contributed by atoms with van der Waals surface area (Å²) in [4.78, 5) is 33.6. The molecule has 0 atom stereocenters. The summed E-state index contributed by atoms with van der Waals surface area (Å²) in [6.45, 7) is 1.17. The third kappa shape index (κ3) is 5.86. The van der Waals surface area contributed by atoms with E-state index in [-0.39, 0.29) is 36.4 Å². The molecule has 0 aromatic carbocycles. The number of hydrogen-bond acceptors (Lipinski definition) is 7. The van der Waals surface area contributed by atoms with Crippen molar-refractivity contribution in [1.82, 2.24) is 25.3 Å². The number of carbonyl (C=O) groups is 2. The summed E-state index contributed by atoms with van der Waals surface area (Å²) < 4.78 is 43.6. The van der Waals surface area contributed by atoms with E-state index in [4.69, 9.17) is 4.52 Å². The normalized spacial score (nSPS) is 14.9. The maximum absolute atomic E-state index is 12.9. The Morgan fingerprint density at radius 2 is 2.06 bits per heavy atom. The number of amides is 2. The molecule has 0 bridgehead atoms. The Labute approximate surface area is 181 Å². The van der Waals surface area contributed by atoms with Crippen molar-refractivity contribution in [1.29, 1.82) is 0 Å². The molecule has 2 N–H and O–H groups in total. The first-order valence-corrected chi connectivity index (χ1v) is 9.98. The van der Waals surface area contributed by atoms with Crippen LogP contribution in [0.5, 0.6) is 0 Å². The molecule has 32 heavy (non-hydrogen) atoms. The molecule has 0 unspecified atom stereocenters. The molecule has 10 nitrogen and oxygen atoms in total. The van der Waals surface area contributed by atoms with E-state index in [1.807, 2.05) is 0 Å². The fourth-order valence-corrected chi connectivity index (χ4v) is 3.47. The number of anilines is 1. The van der Waals surface area contributed by atoms with Gasteiger partial charge in [-0.2, -0.15) is 13.2 Å². The number of nitrogens with zero attached hydrogens (tertiary/aromatic N) is 5. The summed E-state index contributed by atoms with van der Waals surface area (Å²) in [7, 11) is 1.45. The van der Waals surface area contributed by atoms with Gasteiger partial charge in [0.2, 0.25) is 5.95 Å². The minimum atomic E-state index is -4.53. The van der Waals surface area contributed by atoms with Crippen molar-refractivity contribution in [2.75, 3.05) is 31.6 Å². The Balaban J connectivity index is 1.51. The van der Waals surface area contributed by atoms with Crippen molar-refractivity contribution in [3.8, 4) is 0 Å². The van der Waals surface area contributed by atoms with E-state index in [9.17, 15) is 27.9 Å². The molecule has 174 valence electrons. The summed E-state index contributed by atoms with van der Waals surface area (Å²) in [5.74, 6) is 0.0682. The van der Waals surface area contributed by atoms with Gasteiger partial charge in [-0.05, 0) is 31.2 Å². The summed E-state index contributed by atoms with van der Waals surface area (Å²) >= 11 is 0. The van der Waals surface area contributed by atoms with Crippen LogP contribution < -0.4 is 10.2 Å². The van der Waals surface area contributed by atoms with Gasteiger partial charge in [0.1, 0.15) is 5.69 Å². The van der Waals surface area contributed by atoms with Gasteiger partial charge < -0.3 is 24.7 Å². The van der Waals surface area contributed by atoms with Crippen LogP contribution in [0.3, 0.4) is 0 Å². The Morgan fingerprint density at radius 1 is 1.34 bits per heavy atom. The van der Waals surface area contributed by atoms with Crippen molar-refractivity contribution < 1.29 is 32.4 Å². The molecule has 2 amide bonds. The summed E-state index contributed by atoms with van der Waals surface area (Å²) in [5, 5.41) is 15.5. The number of halogens is 3. The third-order valence-corrected chi connectivity index (χ3v) is 5.27. The number of alkyl halides is 3.